The highest BCUT2D eigenvalue weighted by molar-refractivity contribution is 5.92. The molecule has 2 rings (SSSR count). The molecule has 0 saturated carbocycles. The van der Waals surface area contributed by atoms with Gasteiger partial charge in [0, 0.05) is 6.54 Å². The fourth-order valence-corrected chi connectivity index (χ4v) is 1.76. The Morgan fingerprint density at radius 3 is 2.55 bits per heavy atom. The first-order chi connectivity index (χ1) is 9.79. The van der Waals surface area contributed by atoms with Crippen LogP contribution in [0.15, 0.2) is 42.5 Å². The highest BCUT2D eigenvalue weighted by Crippen LogP contribution is 2.02. The maximum absolute atomic E-state index is 11.8. The molecule has 1 aromatic heterocycles. The van der Waals surface area contributed by atoms with Crippen LogP contribution in [0.1, 0.15) is 22.5 Å². The number of rotatable bonds is 6. The number of nitrogens with two attached hydrogens (primary N) is 1. The predicted molar refractivity (Wildman–Crippen MR) is 76.9 cm³/mol. The summed E-state index contributed by atoms with van der Waals surface area (Å²) in [5.74, 6) is 5.37. The SMILES string of the molecule is NNc1ccc(C(=O)NCCCc2ccccc2)nn1. The highest BCUT2D eigenvalue weighted by atomic mass is 16.1. The van der Waals surface area contributed by atoms with Crippen LogP contribution in [0.2, 0.25) is 0 Å². The van der Waals surface area contributed by atoms with Gasteiger partial charge in [-0.05, 0) is 30.5 Å². The van der Waals surface area contributed by atoms with E-state index in [-0.39, 0.29) is 11.6 Å². The number of anilines is 1. The van der Waals surface area contributed by atoms with Gasteiger partial charge in [0.15, 0.2) is 11.5 Å². The van der Waals surface area contributed by atoms with Gasteiger partial charge in [-0.1, -0.05) is 30.3 Å². The fraction of sp³-hybridized carbons (Fsp3) is 0.214. The lowest BCUT2D eigenvalue weighted by Gasteiger charge is -2.05. The van der Waals surface area contributed by atoms with Gasteiger partial charge >= 0.3 is 0 Å². The molecular formula is C14H17N5O. The van der Waals surface area contributed by atoms with E-state index >= 15 is 0 Å². The minimum Gasteiger partial charge on any atom is -0.351 e. The second-order valence-corrected chi connectivity index (χ2v) is 4.29. The first-order valence-electron chi connectivity index (χ1n) is 6.42. The van der Waals surface area contributed by atoms with E-state index in [1.54, 1.807) is 12.1 Å². The molecule has 6 nitrogen and oxygen atoms in total. The van der Waals surface area contributed by atoms with E-state index in [4.69, 9.17) is 5.84 Å². The standard InChI is InChI=1S/C14H17N5O/c15-17-13-9-8-12(18-19-13)14(20)16-10-4-7-11-5-2-1-3-6-11/h1-3,5-6,8-9H,4,7,10,15H2,(H,16,20)(H,17,19). The molecule has 0 unspecified atom stereocenters. The summed E-state index contributed by atoms with van der Waals surface area (Å²) in [6.45, 7) is 0.603. The molecule has 0 bridgehead atoms. The van der Waals surface area contributed by atoms with Gasteiger partial charge in [0.1, 0.15) is 0 Å². The summed E-state index contributed by atoms with van der Waals surface area (Å²) in [5.41, 5.74) is 3.90. The van der Waals surface area contributed by atoms with Gasteiger partial charge in [-0.25, -0.2) is 5.84 Å². The molecule has 1 aromatic carbocycles. The number of aryl methyl sites for hydroxylation is 1. The molecular weight excluding hydrogens is 254 g/mol. The molecule has 2 aromatic rings. The Bertz CT molecular complexity index is 541. The third kappa shape index (κ3) is 4.03. The minimum absolute atomic E-state index is 0.228. The van der Waals surface area contributed by atoms with E-state index in [1.165, 1.54) is 5.56 Å². The number of carbonyl (C=O) groups excluding carboxylic acids is 1. The van der Waals surface area contributed by atoms with Gasteiger partial charge in [0.05, 0.1) is 0 Å². The Morgan fingerprint density at radius 2 is 1.90 bits per heavy atom. The minimum atomic E-state index is -0.228. The van der Waals surface area contributed by atoms with Crippen LogP contribution in [-0.4, -0.2) is 22.6 Å². The summed E-state index contributed by atoms with van der Waals surface area (Å²) < 4.78 is 0. The Hall–Kier alpha value is -2.47. The summed E-state index contributed by atoms with van der Waals surface area (Å²) in [5, 5.41) is 10.3. The number of aromatic nitrogens is 2. The van der Waals surface area contributed by atoms with Crippen molar-refractivity contribution < 1.29 is 4.79 Å². The van der Waals surface area contributed by atoms with Crippen molar-refractivity contribution in [2.75, 3.05) is 12.0 Å². The number of nitrogens with one attached hydrogen (secondary N) is 2. The van der Waals surface area contributed by atoms with Crippen molar-refractivity contribution in [3.63, 3.8) is 0 Å². The molecule has 0 spiro atoms. The molecule has 0 saturated heterocycles. The first kappa shape index (κ1) is 14.0. The molecule has 104 valence electrons. The Balaban J connectivity index is 1.74. The molecule has 0 aliphatic carbocycles. The van der Waals surface area contributed by atoms with Crippen molar-refractivity contribution in [3.8, 4) is 0 Å². The number of nitrogen functional groups attached to an aromatic ring is 1. The third-order valence-corrected chi connectivity index (χ3v) is 2.82. The van der Waals surface area contributed by atoms with E-state index in [0.717, 1.165) is 12.8 Å². The summed E-state index contributed by atoms with van der Waals surface area (Å²) in [6, 6.07) is 13.3. The molecule has 0 atom stereocenters. The van der Waals surface area contributed by atoms with Gasteiger partial charge in [0.25, 0.3) is 5.91 Å². The van der Waals surface area contributed by atoms with E-state index in [2.05, 4.69) is 33.1 Å². The number of hydrogen-bond acceptors (Lipinski definition) is 5. The maximum atomic E-state index is 11.8. The first-order valence-corrected chi connectivity index (χ1v) is 6.42. The van der Waals surface area contributed by atoms with Crippen LogP contribution in [0.25, 0.3) is 0 Å². The van der Waals surface area contributed by atoms with Gasteiger partial charge < -0.3 is 10.7 Å². The lowest BCUT2D eigenvalue weighted by Crippen LogP contribution is -2.26. The van der Waals surface area contributed by atoms with Crippen LogP contribution in [-0.2, 0) is 6.42 Å². The van der Waals surface area contributed by atoms with Crippen LogP contribution in [0, 0.1) is 0 Å². The summed E-state index contributed by atoms with van der Waals surface area (Å²) in [6.07, 6.45) is 1.81. The lowest BCUT2D eigenvalue weighted by atomic mass is 10.1. The smallest absolute Gasteiger partial charge is 0.271 e. The lowest BCUT2D eigenvalue weighted by molar-refractivity contribution is 0.0947. The zero-order valence-electron chi connectivity index (χ0n) is 11.0. The number of hydrogen-bond donors (Lipinski definition) is 3. The molecule has 4 N–H and O–H groups in total. The largest absolute Gasteiger partial charge is 0.351 e. The van der Waals surface area contributed by atoms with E-state index in [0.29, 0.717) is 12.4 Å². The van der Waals surface area contributed by atoms with Crippen LogP contribution < -0.4 is 16.6 Å². The highest BCUT2D eigenvalue weighted by Gasteiger charge is 2.06. The van der Waals surface area contributed by atoms with E-state index < -0.39 is 0 Å². The topological polar surface area (TPSA) is 92.9 Å². The monoisotopic (exact) mass is 271 g/mol. The molecule has 0 fully saturated rings. The van der Waals surface area contributed by atoms with Gasteiger partial charge in [0.2, 0.25) is 0 Å². The zero-order valence-corrected chi connectivity index (χ0v) is 11.0. The van der Waals surface area contributed by atoms with Crippen molar-refractivity contribution in [2.45, 2.75) is 12.8 Å². The molecule has 1 heterocycles. The number of benzene rings is 1. The van der Waals surface area contributed by atoms with E-state index in [1.807, 2.05) is 18.2 Å². The van der Waals surface area contributed by atoms with Crippen LogP contribution in [0.4, 0.5) is 5.82 Å². The number of nitrogens with zero attached hydrogens (tertiary/aromatic N) is 2. The predicted octanol–water partition coefficient (Wildman–Crippen LogP) is 1.12. The normalized spacial score (nSPS) is 10.1. The fourth-order valence-electron chi connectivity index (χ4n) is 1.76. The van der Waals surface area contributed by atoms with Crippen molar-refractivity contribution in [2.24, 2.45) is 5.84 Å². The second kappa shape index (κ2) is 7.20. The van der Waals surface area contributed by atoms with Gasteiger partial charge in [-0.2, -0.15) is 0 Å². The van der Waals surface area contributed by atoms with Crippen LogP contribution in [0.5, 0.6) is 0 Å². The average molecular weight is 271 g/mol. The Morgan fingerprint density at radius 1 is 1.10 bits per heavy atom. The molecule has 0 aliphatic rings. The third-order valence-electron chi connectivity index (χ3n) is 2.82. The van der Waals surface area contributed by atoms with Gasteiger partial charge in [-0.15, -0.1) is 10.2 Å². The molecule has 6 heteroatoms. The Labute approximate surface area is 117 Å². The van der Waals surface area contributed by atoms with Gasteiger partial charge in [-0.3, -0.25) is 4.79 Å². The summed E-state index contributed by atoms with van der Waals surface area (Å²) >= 11 is 0. The van der Waals surface area contributed by atoms with Crippen LogP contribution >= 0.6 is 0 Å². The number of amides is 1. The molecule has 0 radical (unpaired) electrons. The second-order valence-electron chi connectivity index (χ2n) is 4.29. The van der Waals surface area contributed by atoms with Crippen molar-refractivity contribution in [3.05, 3.63) is 53.7 Å². The molecule has 20 heavy (non-hydrogen) atoms. The molecule has 0 aliphatic heterocycles. The zero-order chi connectivity index (χ0) is 14.2. The average Bonchev–Trinajstić information content (AvgIpc) is 2.52. The summed E-state index contributed by atoms with van der Waals surface area (Å²) in [4.78, 5) is 11.8. The van der Waals surface area contributed by atoms with Crippen molar-refractivity contribution in [1.82, 2.24) is 15.5 Å². The Kier molecular flexibility index (Phi) is 5.02. The van der Waals surface area contributed by atoms with Crippen molar-refractivity contribution >= 4 is 11.7 Å². The maximum Gasteiger partial charge on any atom is 0.271 e. The van der Waals surface area contributed by atoms with E-state index in [9.17, 15) is 4.79 Å². The number of carbonyl (C=O) groups is 1. The van der Waals surface area contributed by atoms with Crippen LogP contribution in [0.3, 0.4) is 0 Å². The quantitative estimate of drug-likeness (QED) is 0.416. The molecule has 1 amide bonds. The number of hydrazine groups is 1. The van der Waals surface area contributed by atoms with Crippen molar-refractivity contribution in [1.29, 1.82) is 0 Å². The summed E-state index contributed by atoms with van der Waals surface area (Å²) in [7, 11) is 0.